The molecule has 8 heteroatoms. The van der Waals surface area contributed by atoms with Crippen LogP contribution in [0.25, 0.3) is 22.2 Å². The molecule has 0 fully saturated rings. The van der Waals surface area contributed by atoms with Gasteiger partial charge >= 0.3 is 0 Å². The molecule has 0 aliphatic carbocycles. The molecule has 0 bridgehead atoms. The highest BCUT2D eigenvalue weighted by atomic mass is 32.2. The van der Waals surface area contributed by atoms with Crippen LogP contribution in [0, 0.1) is 13.8 Å². The second-order valence-corrected chi connectivity index (χ2v) is 5.60. The SMILES string of the molecule is Cc1noc(C)c1-c1cc(S(=O)O)c2nc(CO)[nH]c2c1. The minimum Gasteiger partial charge on any atom is -0.388 e. The summed E-state index contributed by atoms with van der Waals surface area (Å²) in [5, 5.41) is 13.0. The van der Waals surface area contributed by atoms with E-state index in [9.17, 15) is 8.76 Å². The summed E-state index contributed by atoms with van der Waals surface area (Å²) in [7, 11) is 0. The molecule has 21 heavy (non-hydrogen) atoms. The van der Waals surface area contributed by atoms with Gasteiger partial charge in [0.15, 0.2) is 11.1 Å². The van der Waals surface area contributed by atoms with E-state index in [1.165, 1.54) is 0 Å². The normalized spacial score (nSPS) is 13.0. The molecule has 0 aliphatic heterocycles. The molecule has 1 aromatic carbocycles. The first-order valence-corrected chi connectivity index (χ1v) is 7.29. The Morgan fingerprint density at radius 1 is 1.38 bits per heavy atom. The number of hydrogen-bond donors (Lipinski definition) is 3. The van der Waals surface area contributed by atoms with Gasteiger partial charge in [0.05, 0.1) is 16.1 Å². The van der Waals surface area contributed by atoms with Gasteiger partial charge in [0.2, 0.25) is 0 Å². The number of nitrogens with one attached hydrogen (secondary N) is 1. The van der Waals surface area contributed by atoms with Crippen LogP contribution in [0.3, 0.4) is 0 Å². The highest BCUT2D eigenvalue weighted by Crippen LogP contribution is 2.32. The Labute approximate surface area is 122 Å². The summed E-state index contributed by atoms with van der Waals surface area (Å²) in [6.07, 6.45) is 0. The average Bonchev–Trinajstić information content (AvgIpc) is 3.00. The second-order valence-electron chi connectivity index (χ2n) is 4.66. The van der Waals surface area contributed by atoms with Crippen LogP contribution < -0.4 is 0 Å². The average molecular weight is 307 g/mol. The first kappa shape index (κ1) is 13.9. The number of aromatic amines is 1. The Kier molecular flexibility index (Phi) is 3.36. The van der Waals surface area contributed by atoms with Crippen molar-refractivity contribution in [3.63, 3.8) is 0 Å². The van der Waals surface area contributed by atoms with E-state index in [2.05, 4.69) is 15.1 Å². The van der Waals surface area contributed by atoms with Gasteiger partial charge in [-0.25, -0.2) is 9.19 Å². The lowest BCUT2D eigenvalue weighted by Gasteiger charge is -2.04. The fourth-order valence-corrected chi connectivity index (χ4v) is 2.93. The Hall–Kier alpha value is -2.03. The van der Waals surface area contributed by atoms with Crippen molar-refractivity contribution in [1.29, 1.82) is 0 Å². The molecule has 2 aromatic heterocycles. The predicted molar refractivity (Wildman–Crippen MR) is 76.0 cm³/mol. The number of H-pyrrole nitrogens is 1. The Morgan fingerprint density at radius 3 is 2.71 bits per heavy atom. The van der Waals surface area contributed by atoms with Gasteiger partial charge in [-0.05, 0) is 31.5 Å². The molecular formula is C13H13N3O4S. The van der Waals surface area contributed by atoms with Crippen LogP contribution in [0.1, 0.15) is 17.3 Å². The summed E-state index contributed by atoms with van der Waals surface area (Å²) in [5.41, 5.74) is 3.14. The summed E-state index contributed by atoms with van der Waals surface area (Å²) in [6, 6.07) is 3.39. The number of rotatable bonds is 3. The molecule has 1 unspecified atom stereocenters. The minimum absolute atomic E-state index is 0.179. The van der Waals surface area contributed by atoms with Crippen molar-refractivity contribution in [3.8, 4) is 11.1 Å². The van der Waals surface area contributed by atoms with Crippen molar-refractivity contribution in [2.75, 3.05) is 0 Å². The molecule has 3 rings (SSSR count). The molecule has 2 heterocycles. The van der Waals surface area contributed by atoms with Gasteiger partial charge in [0.25, 0.3) is 0 Å². The Bertz CT molecular complexity index is 833. The van der Waals surface area contributed by atoms with Crippen molar-refractivity contribution >= 4 is 22.1 Å². The number of aliphatic hydroxyl groups excluding tert-OH is 1. The molecule has 3 aromatic rings. The predicted octanol–water partition coefficient (Wildman–Crippen LogP) is 1.91. The lowest BCUT2D eigenvalue weighted by Crippen LogP contribution is -1.93. The number of hydrogen-bond acceptors (Lipinski definition) is 5. The van der Waals surface area contributed by atoms with Crippen molar-refractivity contribution in [1.82, 2.24) is 15.1 Å². The van der Waals surface area contributed by atoms with Gasteiger partial charge in [0, 0.05) is 5.56 Å². The zero-order valence-electron chi connectivity index (χ0n) is 11.4. The van der Waals surface area contributed by atoms with Crippen LogP contribution in [0.4, 0.5) is 0 Å². The third-order valence-corrected chi connectivity index (χ3v) is 3.95. The first-order chi connectivity index (χ1) is 10.0. The summed E-state index contributed by atoms with van der Waals surface area (Å²) in [6.45, 7) is 3.31. The number of imidazole rings is 1. The fourth-order valence-electron chi connectivity index (χ4n) is 2.38. The maximum atomic E-state index is 11.6. The molecule has 0 spiro atoms. The number of aromatic nitrogens is 3. The summed E-state index contributed by atoms with van der Waals surface area (Å²) < 4.78 is 26.2. The maximum Gasteiger partial charge on any atom is 0.188 e. The molecule has 0 saturated carbocycles. The summed E-state index contributed by atoms with van der Waals surface area (Å²) in [5.74, 6) is 0.969. The van der Waals surface area contributed by atoms with Crippen molar-refractivity contribution in [3.05, 3.63) is 29.4 Å². The molecule has 7 nitrogen and oxygen atoms in total. The number of aliphatic hydroxyl groups is 1. The first-order valence-electron chi connectivity index (χ1n) is 6.19. The highest BCUT2D eigenvalue weighted by Gasteiger charge is 2.18. The number of benzene rings is 1. The topological polar surface area (TPSA) is 112 Å². The van der Waals surface area contributed by atoms with Gasteiger partial charge in [-0.1, -0.05) is 5.16 Å². The van der Waals surface area contributed by atoms with E-state index in [-0.39, 0.29) is 11.5 Å². The van der Waals surface area contributed by atoms with Crippen LogP contribution >= 0.6 is 0 Å². The van der Waals surface area contributed by atoms with E-state index in [1.54, 1.807) is 26.0 Å². The van der Waals surface area contributed by atoms with E-state index >= 15 is 0 Å². The zero-order chi connectivity index (χ0) is 15.1. The van der Waals surface area contributed by atoms with Gasteiger partial charge in [0.1, 0.15) is 23.7 Å². The van der Waals surface area contributed by atoms with E-state index < -0.39 is 11.1 Å². The molecule has 3 N–H and O–H groups in total. The minimum atomic E-state index is -2.19. The van der Waals surface area contributed by atoms with Crippen molar-refractivity contribution in [2.45, 2.75) is 25.3 Å². The molecular weight excluding hydrogens is 294 g/mol. The lowest BCUT2D eigenvalue weighted by atomic mass is 10.0. The van der Waals surface area contributed by atoms with Crippen LogP contribution in [0.15, 0.2) is 21.6 Å². The van der Waals surface area contributed by atoms with Crippen LogP contribution in [0.5, 0.6) is 0 Å². The number of nitrogens with zero attached hydrogens (tertiary/aromatic N) is 2. The summed E-state index contributed by atoms with van der Waals surface area (Å²) in [4.78, 5) is 7.23. The summed E-state index contributed by atoms with van der Waals surface area (Å²) >= 11 is -2.19. The largest absolute Gasteiger partial charge is 0.388 e. The van der Waals surface area contributed by atoms with Crippen LogP contribution in [-0.4, -0.2) is 29.0 Å². The smallest absolute Gasteiger partial charge is 0.188 e. The quantitative estimate of drug-likeness (QED) is 0.637. The van der Waals surface area contributed by atoms with E-state index in [4.69, 9.17) is 9.63 Å². The monoisotopic (exact) mass is 307 g/mol. The van der Waals surface area contributed by atoms with E-state index in [0.29, 0.717) is 33.9 Å². The van der Waals surface area contributed by atoms with E-state index in [0.717, 1.165) is 5.56 Å². The zero-order valence-corrected chi connectivity index (χ0v) is 12.2. The molecule has 0 saturated heterocycles. The van der Waals surface area contributed by atoms with Gasteiger partial charge in [-0.2, -0.15) is 0 Å². The van der Waals surface area contributed by atoms with Gasteiger partial charge in [-0.15, -0.1) is 0 Å². The number of aryl methyl sites for hydroxylation is 2. The lowest BCUT2D eigenvalue weighted by molar-refractivity contribution is 0.273. The maximum absolute atomic E-state index is 11.6. The molecule has 0 radical (unpaired) electrons. The fraction of sp³-hybridized carbons (Fsp3) is 0.231. The van der Waals surface area contributed by atoms with Crippen molar-refractivity contribution < 1.29 is 18.4 Å². The molecule has 0 aliphatic rings. The standard InChI is InChI=1S/C13H13N3O4S/c1-6-12(7(2)20-16-6)8-3-9-13(10(4-8)21(18)19)15-11(5-17)14-9/h3-4,17H,5H2,1-2H3,(H,14,15)(H,18,19). The second kappa shape index (κ2) is 5.06. The number of fused-ring (bicyclic) bond motifs is 1. The highest BCUT2D eigenvalue weighted by molar-refractivity contribution is 7.79. The van der Waals surface area contributed by atoms with Crippen LogP contribution in [-0.2, 0) is 17.7 Å². The van der Waals surface area contributed by atoms with Gasteiger partial charge < -0.3 is 19.2 Å². The van der Waals surface area contributed by atoms with Gasteiger partial charge in [-0.3, -0.25) is 0 Å². The van der Waals surface area contributed by atoms with E-state index in [1.807, 2.05) is 0 Å². The van der Waals surface area contributed by atoms with Crippen molar-refractivity contribution in [2.24, 2.45) is 0 Å². The third kappa shape index (κ3) is 2.27. The molecule has 110 valence electrons. The van der Waals surface area contributed by atoms with Crippen LogP contribution in [0.2, 0.25) is 0 Å². The Balaban J connectivity index is 2.32. The molecule has 0 amide bonds. The molecule has 1 atom stereocenters. The third-order valence-electron chi connectivity index (χ3n) is 3.26. The Morgan fingerprint density at radius 2 is 2.14 bits per heavy atom.